The molecular formula is C11H10BrN3O4. The number of nitro groups is 1. The van der Waals surface area contributed by atoms with E-state index in [0.717, 1.165) is 11.3 Å². The van der Waals surface area contributed by atoms with E-state index >= 15 is 0 Å². The van der Waals surface area contributed by atoms with Crippen LogP contribution in [0.4, 0.5) is 5.69 Å². The first-order valence-electron chi connectivity index (χ1n) is 5.36. The number of aryl methyl sites for hydroxylation is 2. The summed E-state index contributed by atoms with van der Waals surface area (Å²) in [6.07, 6.45) is 2.71. The third-order valence-electron chi connectivity index (χ3n) is 2.74. The lowest BCUT2D eigenvalue weighted by Crippen LogP contribution is -2.14. The lowest BCUT2D eigenvalue weighted by Gasteiger charge is -2.06. The first-order valence-corrected chi connectivity index (χ1v) is 6.15. The van der Waals surface area contributed by atoms with Crippen LogP contribution < -0.4 is 5.43 Å². The molecule has 19 heavy (non-hydrogen) atoms. The minimum Gasteiger partial charge on any atom is -0.361 e. The summed E-state index contributed by atoms with van der Waals surface area (Å²) in [5, 5.41) is 14.6. The molecule has 2 aromatic rings. The van der Waals surface area contributed by atoms with Gasteiger partial charge in [-0.25, -0.2) is 0 Å². The lowest BCUT2D eigenvalue weighted by molar-refractivity contribution is -0.386. The van der Waals surface area contributed by atoms with E-state index in [1.54, 1.807) is 18.4 Å². The van der Waals surface area contributed by atoms with Gasteiger partial charge in [-0.2, -0.15) is 0 Å². The predicted octanol–water partition coefficient (Wildman–Crippen LogP) is 2.17. The van der Waals surface area contributed by atoms with Gasteiger partial charge in [0.25, 0.3) is 5.43 Å². The fourth-order valence-electron chi connectivity index (χ4n) is 1.71. The van der Waals surface area contributed by atoms with Gasteiger partial charge in [-0.3, -0.25) is 14.9 Å². The van der Waals surface area contributed by atoms with E-state index in [1.807, 2.05) is 0 Å². The van der Waals surface area contributed by atoms with Crippen LogP contribution in [-0.4, -0.2) is 14.6 Å². The Balaban J connectivity index is 2.47. The van der Waals surface area contributed by atoms with Gasteiger partial charge in [0.2, 0.25) is 0 Å². The van der Waals surface area contributed by atoms with Gasteiger partial charge in [-0.1, -0.05) is 5.16 Å². The zero-order chi connectivity index (χ0) is 14.2. The fraction of sp³-hybridized carbons (Fsp3) is 0.273. The van der Waals surface area contributed by atoms with Crippen molar-refractivity contribution in [3.05, 3.63) is 54.2 Å². The average Bonchev–Trinajstić information content (AvgIpc) is 2.65. The van der Waals surface area contributed by atoms with Gasteiger partial charge >= 0.3 is 5.69 Å². The fourth-order valence-corrected chi connectivity index (χ4v) is 2.18. The summed E-state index contributed by atoms with van der Waals surface area (Å²) in [6.45, 7) is 3.90. The summed E-state index contributed by atoms with van der Waals surface area (Å²) < 4.78 is 6.73. The number of pyridine rings is 1. The van der Waals surface area contributed by atoms with Crippen LogP contribution in [0.3, 0.4) is 0 Å². The number of hydrogen-bond acceptors (Lipinski definition) is 5. The molecule has 2 aromatic heterocycles. The second-order valence-corrected chi connectivity index (χ2v) is 4.91. The highest BCUT2D eigenvalue weighted by Gasteiger charge is 2.17. The molecule has 0 amide bonds. The van der Waals surface area contributed by atoms with Crippen LogP contribution in [0.1, 0.15) is 17.0 Å². The molecule has 0 aliphatic rings. The number of halogens is 1. The molecule has 0 saturated heterocycles. The molecule has 8 heteroatoms. The predicted molar refractivity (Wildman–Crippen MR) is 70.1 cm³/mol. The topological polar surface area (TPSA) is 91.2 Å². The molecule has 0 radical (unpaired) electrons. The van der Waals surface area contributed by atoms with Crippen LogP contribution in [-0.2, 0) is 6.54 Å². The van der Waals surface area contributed by atoms with Crippen molar-refractivity contribution in [2.45, 2.75) is 20.4 Å². The lowest BCUT2D eigenvalue weighted by atomic mass is 10.2. The summed E-state index contributed by atoms with van der Waals surface area (Å²) in [5.41, 5.74) is 0.445. The Morgan fingerprint density at radius 1 is 1.47 bits per heavy atom. The van der Waals surface area contributed by atoms with Crippen LogP contribution in [0.25, 0.3) is 0 Å². The van der Waals surface area contributed by atoms with Crippen molar-refractivity contribution in [3.63, 3.8) is 0 Å². The Labute approximate surface area is 116 Å². The molecule has 0 atom stereocenters. The molecule has 0 saturated carbocycles. The maximum Gasteiger partial charge on any atom is 0.333 e. The van der Waals surface area contributed by atoms with Gasteiger partial charge in [0.05, 0.1) is 27.8 Å². The molecule has 0 bridgehead atoms. The molecule has 100 valence electrons. The maximum absolute atomic E-state index is 11.6. The largest absolute Gasteiger partial charge is 0.361 e. The van der Waals surface area contributed by atoms with Crippen LogP contribution in [0.2, 0.25) is 0 Å². The van der Waals surface area contributed by atoms with Crippen molar-refractivity contribution >= 4 is 21.6 Å². The summed E-state index contributed by atoms with van der Waals surface area (Å²) in [6, 6.07) is 0. The van der Waals surface area contributed by atoms with Crippen molar-refractivity contribution in [2.24, 2.45) is 0 Å². The SMILES string of the molecule is Cc1noc(C)c1Cn1cc(Br)c(=O)c([N+](=O)[O-])c1. The molecule has 0 N–H and O–H groups in total. The van der Waals surface area contributed by atoms with Gasteiger partial charge < -0.3 is 9.09 Å². The molecule has 2 heterocycles. The maximum atomic E-state index is 11.6. The Morgan fingerprint density at radius 3 is 2.68 bits per heavy atom. The van der Waals surface area contributed by atoms with Crippen LogP contribution in [0.15, 0.2) is 26.2 Å². The first kappa shape index (κ1) is 13.5. The van der Waals surface area contributed by atoms with Crippen molar-refractivity contribution in [3.8, 4) is 0 Å². The standard InChI is InChI=1S/C11H10BrN3O4/c1-6-8(7(2)19-13-6)3-14-4-9(12)11(16)10(5-14)15(17)18/h4-5H,3H2,1-2H3. The van der Waals surface area contributed by atoms with Gasteiger partial charge in [-0.15, -0.1) is 0 Å². The summed E-state index contributed by atoms with van der Waals surface area (Å²) in [5.74, 6) is 0.648. The molecule has 0 fully saturated rings. The number of nitrogens with zero attached hydrogens (tertiary/aromatic N) is 3. The third kappa shape index (κ3) is 2.58. The Hall–Kier alpha value is -1.96. The van der Waals surface area contributed by atoms with Gasteiger partial charge in [-0.05, 0) is 29.8 Å². The van der Waals surface area contributed by atoms with E-state index in [0.29, 0.717) is 12.3 Å². The zero-order valence-electron chi connectivity index (χ0n) is 10.2. The van der Waals surface area contributed by atoms with E-state index < -0.39 is 16.0 Å². The quantitative estimate of drug-likeness (QED) is 0.636. The molecule has 0 aliphatic heterocycles. The smallest absolute Gasteiger partial charge is 0.333 e. The minimum atomic E-state index is -0.697. The molecule has 0 aliphatic carbocycles. The van der Waals surface area contributed by atoms with Crippen molar-refractivity contribution in [2.75, 3.05) is 0 Å². The monoisotopic (exact) mass is 327 g/mol. The van der Waals surface area contributed by atoms with E-state index in [1.165, 1.54) is 12.4 Å². The third-order valence-corrected chi connectivity index (χ3v) is 3.30. The molecule has 0 unspecified atom stereocenters. The zero-order valence-corrected chi connectivity index (χ0v) is 11.8. The minimum absolute atomic E-state index is 0.147. The number of aromatic nitrogens is 2. The molecule has 2 rings (SSSR count). The van der Waals surface area contributed by atoms with Gasteiger partial charge in [0.1, 0.15) is 5.76 Å². The molecule has 0 aromatic carbocycles. The highest BCUT2D eigenvalue weighted by Crippen LogP contribution is 2.17. The van der Waals surface area contributed by atoms with E-state index in [9.17, 15) is 14.9 Å². The molecule has 0 spiro atoms. The van der Waals surface area contributed by atoms with Crippen molar-refractivity contribution in [1.82, 2.24) is 9.72 Å². The second-order valence-electron chi connectivity index (χ2n) is 4.05. The average molecular weight is 328 g/mol. The van der Waals surface area contributed by atoms with Crippen molar-refractivity contribution in [1.29, 1.82) is 0 Å². The molecular weight excluding hydrogens is 318 g/mol. The number of hydrogen-bond donors (Lipinski definition) is 0. The van der Waals surface area contributed by atoms with Gasteiger partial charge in [0, 0.05) is 11.8 Å². The molecule has 7 nitrogen and oxygen atoms in total. The summed E-state index contributed by atoms with van der Waals surface area (Å²) >= 11 is 3.03. The van der Waals surface area contributed by atoms with Gasteiger partial charge in [0.15, 0.2) is 0 Å². The van der Waals surface area contributed by atoms with Crippen LogP contribution >= 0.6 is 15.9 Å². The van der Waals surface area contributed by atoms with E-state index in [4.69, 9.17) is 4.52 Å². The van der Waals surface area contributed by atoms with Crippen molar-refractivity contribution < 1.29 is 9.45 Å². The number of rotatable bonds is 3. The van der Waals surface area contributed by atoms with E-state index in [2.05, 4.69) is 21.1 Å². The Kier molecular flexibility index (Phi) is 3.52. The Morgan fingerprint density at radius 2 is 2.16 bits per heavy atom. The normalized spacial score (nSPS) is 10.7. The van der Waals surface area contributed by atoms with Crippen LogP contribution in [0, 0.1) is 24.0 Å². The summed E-state index contributed by atoms with van der Waals surface area (Å²) in [4.78, 5) is 21.7. The second kappa shape index (κ2) is 4.96. The first-order chi connectivity index (χ1) is 8.90. The Bertz CT molecular complexity index is 685. The highest BCUT2D eigenvalue weighted by atomic mass is 79.9. The van der Waals surface area contributed by atoms with E-state index in [-0.39, 0.29) is 4.47 Å². The highest BCUT2D eigenvalue weighted by molar-refractivity contribution is 9.10. The summed E-state index contributed by atoms with van der Waals surface area (Å²) in [7, 11) is 0. The van der Waals surface area contributed by atoms with Crippen LogP contribution in [0.5, 0.6) is 0 Å².